The molecule has 3 rings (SSSR count). The second kappa shape index (κ2) is 11.9. The molecule has 1 aliphatic rings. The number of hydrogen-bond donors (Lipinski definition) is 1. The topological polar surface area (TPSA) is 125 Å². The number of benzene rings is 2. The Kier molecular flexibility index (Phi) is 9.20. The SMILES string of the molecule is COc1ccc(S(=O)(=O)[N+](OCc2ccccc2)(C(=O)CN2CCOCC2)[C@@H](C(N)=O)C(C)C)cc1. The molecule has 0 aliphatic carbocycles. The van der Waals surface area contributed by atoms with Crippen LogP contribution in [-0.4, -0.2) is 75.2 Å². The number of quaternary nitrogens is 1. The zero-order valence-corrected chi connectivity index (χ0v) is 21.6. The van der Waals surface area contributed by atoms with Gasteiger partial charge in [-0.25, -0.2) is 4.79 Å². The van der Waals surface area contributed by atoms with Crippen molar-refractivity contribution in [1.82, 2.24) is 4.90 Å². The summed E-state index contributed by atoms with van der Waals surface area (Å²) >= 11 is 0. The number of nitrogens with two attached hydrogens (primary N) is 1. The molecule has 1 unspecified atom stereocenters. The van der Waals surface area contributed by atoms with Crippen molar-refractivity contribution in [2.24, 2.45) is 11.7 Å². The molecule has 2 amide bonds. The summed E-state index contributed by atoms with van der Waals surface area (Å²) in [7, 11) is -3.19. The van der Waals surface area contributed by atoms with Gasteiger partial charge in [0.25, 0.3) is 5.91 Å². The molecule has 2 N–H and O–H groups in total. The summed E-state index contributed by atoms with van der Waals surface area (Å²) in [4.78, 5) is 34.6. The van der Waals surface area contributed by atoms with E-state index in [1.165, 1.54) is 31.4 Å². The molecule has 11 heteroatoms. The third-order valence-electron chi connectivity index (χ3n) is 6.08. The Morgan fingerprint density at radius 1 is 1.06 bits per heavy atom. The highest BCUT2D eigenvalue weighted by Crippen LogP contribution is 2.35. The van der Waals surface area contributed by atoms with E-state index in [0.717, 1.165) is 0 Å². The van der Waals surface area contributed by atoms with Crippen molar-refractivity contribution in [1.29, 1.82) is 0 Å². The molecule has 1 saturated heterocycles. The van der Waals surface area contributed by atoms with E-state index in [-0.39, 0.29) is 18.0 Å². The molecule has 2 aromatic rings. The van der Waals surface area contributed by atoms with Gasteiger partial charge in [-0.05, 0) is 29.8 Å². The molecule has 0 aromatic heterocycles. The first-order valence-corrected chi connectivity index (χ1v) is 13.2. The van der Waals surface area contributed by atoms with Crippen LogP contribution >= 0.6 is 0 Å². The Labute approximate surface area is 212 Å². The minimum absolute atomic E-state index is 0.196. The summed E-state index contributed by atoms with van der Waals surface area (Å²) in [6.45, 7) is 4.48. The van der Waals surface area contributed by atoms with E-state index < -0.39 is 37.8 Å². The standard InChI is InChI=1S/C25H33N3O7S/c1-19(2)24(25(26)30)28(35-18-20-7-5-4-6-8-20,23(29)17-27-13-15-34-16-14-27)36(31,32)22-11-9-21(33-3)10-12-22/h4-12,19,24H,13-18H2,1-3H3,(H-,26,30)/p+1/t24-,28?/m1/s1. The average Bonchev–Trinajstić information content (AvgIpc) is 2.87. The van der Waals surface area contributed by atoms with Gasteiger partial charge in [-0.3, -0.25) is 9.69 Å². The molecule has 0 bridgehead atoms. The van der Waals surface area contributed by atoms with Crippen LogP contribution in [0.2, 0.25) is 0 Å². The van der Waals surface area contributed by atoms with Crippen molar-refractivity contribution in [3.05, 3.63) is 60.2 Å². The fraction of sp³-hybridized carbons (Fsp3) is 0.440. The highest BCUT2D eigenvalue weighted by Gasteiger charge is 2.62. The first kappa shape index (κ1) is 27.8. The minimum Gasteiger partial charge on any atom is -0.497 e. The molecule has 1 heterocycles. The normalized spacial score (nSPS) is 17.3. The fourth-order valence-electron chi connectivity index (χ4n) is 4.25. The average molecular weight is 521 g/mol. The van der Waals surface area contributed by atoms with E-state index in [1.807, 2.05) is 6.07 Å². The third-order valence-corrected chi connectivity index (χ3v) is 8.20. The van der Waals surface area contributed by atoms with Crippen LogP contribution in [0, 0.1) is 5.92 Å². The number of morpholine rings is 1. The van der Waals surface area contributed by atoms with Crippen LogP contribution in [0.25, 0.3) is 0 Å². The van der Waals surface area contributed by atoms with Crippen molar-refractivity contribution in [2.45, 2.75) is 31.4 Å². The number of carbonyl (C=O) groups excluding carboxylic acids is 2. The fourth-order valence-corrected chi connectivity index (χ4v) is 6.20. The lowest BCUT2D eigenvalue weighted by Crippen LogP contribution is -2.69. The predicted octanol–water partition coefficient (Wildman–Crippen LogP) is 1.70. The van der Waals surface area contributed by atoms with Gasteiger partial charge in [-0.1, -0.05) is 44.2 Å². The minimum atomic E-state index is -4.65. The van der Waals surface area contributed by atoms with Gasteiger partial charge in [0.1, 0.15) is 23.8 Å². The maximum absolute atomic E-state index is 14.3. The largest absolute Gasteiger partial charge is 0.497 e. The first-order chi connectivity index (χ1) is 17.1. The van der Waals surface area contributed by atoms with Gasteiger partial charge in [0.05, 0.1) is 20.3 Å². The lowest BCUT2D eigenvalue weighted by Gasteiger charge is -2.39. The highest BCUT2D eigenvalue weighted by atomic mass is 32.2. The van der Waals surface area contributed by atoms with Crippen LogP contribution in [0.4, 0.5) is 0 Å². The Morgan fingerprint density at radius 3 is 2.19 bits per heavy atom. The summed E-state index contributed by atoms with van der Waals surface area (Å²) in [5.41, 5.74) is 6.41. The van der Waals surface area contributed by atoms with E-state index in [4.69, 9.17) is 20.0 Å². The number of hydrogen-bond acceptors (Lipinski definition) is 8. The number of amides is 2. The second-order valence-corrected chi connectivity index (χ2v) is 10.8. The number of hydroxylamine groups is 2. The Bertz CT molecular complexity index is 1130. The summed E-state index contributed by atoms with van der Waals surface area (Å²) in [6, 6.07) is 12.9. The highest BCUT2D eigenvalue weighted by molar-refractivity contribution is 7.86. The van der Waals surface area contributed by atoms with Crippen LogP contribution in [0.5, 0.6) is 5.75 Å². The third kappa shape index (κ3) is 5.76. The van der Waals surface area contributed by atoms with Crippen LogP contribution in [0.3, 0.4) is 0 Å². The van der Waals surface area contributed by atoms with E-state index in [9.17, 15) is 18.0 Å². The molecular formula is C25H34N3O7S+. The predicted molar refractivity (Wildman–Crippen MR) is 132 cm³/mol. The lowest BCUT2D eigenvalue weighted by molar-refractivity contribution is -0.961. The van der Waals surface area contributed by atoms with E-state index in [0.29, 0.717) is 37.6 Å². The maximum atomic E-state index is 14.3. The van der Waals surface area contributed by atoms with Crippen molar-refractivity contribution in [3.8, 4) is 5.75 Å². The molecule has 2 atom stereocenters. The maximum Gasteiger partial charge on any atom is 0.376 e. The second-order valence-electron chi connectivity index (χ2n) is 8.88. The van der Waals surface area contributed by atoms with E-state index in [1.54, 1.807) is 43.0 Å². The number of nitrogens with zero attached hydrogens (tertiary/aromatic N) is 2. The van der Waals surface area contributed by atoms with Gasteiger partial charge < -0.3 is 15.2 Å². The number of ether oxygens (including phenoxy) is 2. The number of sulfonamides is 1. The Morgan fingerprint density at radius 2 is 1.67 bits per heavy atom. The molecule has 1 aliphatic heterocycles. The number of methoxy groups -OCH3 is 1. The van der Waals surface area contributed by atoms with E-state index >= 15 is 0 Å². The van der Waals surface area contributed by atoms with Gasteiger partial charge in [-0.2, -0.15) is 13.3 Å². The van der Waals surface area contributed by atoms with Crippen LogP contribution in [0.1, 0.15) is 19.4 Å². The van der Waals surface area contributed by atoms with Gasteiger partial charge in [-0.15, -0.1) is 0 Å². The molecule has 10 nitrogen and oxygen atoms in total. The van der Waals surface area contributed by atoms with Crippen molar-refractivity contribution < 1.29 is 36.4 Å². The summed E-state index contributed by atoms with van der Waals surface area (Å²) in [6.07, 6.45) is 0. The summed E-state index contributed by atoms with van der Waals surface area (Å²) < 4.78 is 37.6. The molecule has 0 saturated carbocycles. The molecule has 36 heavy (non-hydrogen) atoms. The smallest absolute Gasteiger partial charge is 0.376 e. The van der Waals surface area contributed by atoms with Crippen LogP contribution in [0.15, 0.2) is 59.5 Å². The van der Waals surface area contributed by atoms with Crippen molar-refractivity contribution in [3.63, 3.8) is 0 Å². The number of rotatable bonds is 11. The first-order valence-electron chi connectivity index (χ1n) is 11.7. The van der Waals surface area contributed by atoms with E-state index in [2.05, 4.69) is 0 Å². The quantitative estimate of drug-likeness (QED) is 0.351. The summed E-state index contributed by atoms with van der Waals surface area (Å²) in [5.74, 6) is -1.96. The summed E-state index contributed by atoms with van der Waals surface area (Å²) in [5, 5.41) is 0. The van der Waals surface area contributed by atoms with Gasteiger partial charge >= 0.3 is 15.9 Å². The zero-order valence-electron chi connectivity index (χ0n) is 20.8. The Hall–Kier alpha value is -2.83. The molecule has 0 radical (unpaired) electrons. The van der Waals surface area contributed by atoms with Crippen molar-refractivity contribution >= 4 is 21.8 Å². The lowest BCUT2D eigenvalue weighted by atomic mass is 10.0. The van der Waals surface area contributed by atoms with Gasteiger partial charge in [0.2, 0.25) is 6.04 Å². The Balaban J connectivity index is 2.20. The molecular weight excluding hydrogens is 486 g/mol. The van der Waals surface area contributed by atoms with Crippen molar-refractivity contribution in [2.75, 3.05) is 40.0 Å². The van der Waals surface area contributed by atoms with Crippen LogP contribution in [-0.2, 0) is 35.8 Å². The monoisotopic (exact) mass is 520 g/mol. The number of primary amides is 1. The molecule has 1 fully saturated rings. The van der Waals surface area contributed by atoms with Gasteiger partial charge in [0.15, 0.2) is 0 Å². The van der Waals surface area contributed by atoms with Crippen LogP contribution < -0.4 is 10.5 Å². The number of carbonyl (C=O) groups is 2. The molecule has 196 valence electrons. The van der Waals surface area contributed by atoms with Gasteiger partial charge in [0, 0.05) is 23.1 Å². The zero-order chi connectivity index (χ0) is 26.3. The molecule has 2 aromatic carbocycles. The molecule has 0 spiro atoms.